The van der Waals surface area contributed by atoms with Gasteiger partial charge in [-0.3, -0.25) is 19.4 Å². The Morgan fingerprint density at radius 1 is 0.903 bits per heavy atom. The van der Waals surface area contributed by atoms with Gasteiger partial charge in [-0.2, -0.15) is 0 Å². The van der Waals surface area contributed by atoms with E-state index in [4.69, 9.17) is 12.2 Å². The molecule has 3 aromatic rings. The van der Waals surface area contributed by atoms with Crippen LogP contribution in [-0.2, 0) is 4.79 Å². The second kappa shape index (κ2) is 7.67. The lowest BCUT2D eigenvalue weighted by atomic mass is 10.2. The molecule has 0 aliphatic carbocycles. The van der Waals surface area contributed by atoms with E-state index in [2.05, 4.69) is 9.97 Å². The molecule has 1 N–H and O–H groups in total. The van der Waals surface area contributed by atoms with Crippen molar-refractivity contribution in [3.05, 3.63) is 86.3 Å². The molecular weight excluding hydrogens is 448 g/mol. The molecule has 0 saturated carbocycles. The summed E-state index contributed by atoms with van der Waals surface area (Å²) < 4.78 is 0.457. The highest BCUT2D eigenvalue weighted by Crippen LogP contribution is 2.52. The number of nitrogens with one attached hydrogen (secondary N) is 1. The maximum absolute atomic E-state index is 13.5. The number of carbonyl (C=O) groups is 1. The van der Waals surface area contributed by atoms with Gasteiger partial charge in [0.1, 0.15) is 20.7 Å². The Morgan fingerprint density at radius 3 is 2.29 bits per heavy atom. The van der Waals surface area contributed by atoms with Crippen molar-refractivity contribution in [2.75, 3.05) is 9.80 Å². The van der Waals surface area contributed by atoms with Crippen LogP contribution < -0.4 is 15.4 Å². The zero-order valence-corrected chi connectivity index (χ0v) is 19.0. The molecule has 2 aliphatic rings. The highest BCUT2D eigenvalue weighted by molar-refractivity contribution is 8.27. The summed E-state index contributed by atoms with van der Waals surface area (Å²) in [6, 6.07) is 17.3. The second-order valence-corrected chi connectivity index (χ2v) is 9.70. The van der Waals surface area contributed by atoms with Gasteiger partial charge in [0, 0.05) is 5.69 Å². The standard InChI is InChI=1S/C22H16N4O2S3/c1-12-8-10-15(11-9-12)26-20(28)17(31-22(26)29)21-25(14-6-4-3-5-7-14)18-16(30-21)19(27)24-13(2)23-18/h3-11H,1-2H3,(H,23,24,27)/b21-17+. The van der Waals surface area contributed by atoms with Crippen LogP contribution in [0.25, 0.3) is 0 Å². The van der Waals surface area contributed by atoms with Crippen molar-refractivity contribution >= 4 is 63.2 Å². The van der Waals surface area contributed by atoms with E-state index in [1.165, 1.54) is 28.4 Å². The molecule has 2 aromatic carbocycles. The van der Waals surface area contributed by atoms with E-state index in [-0.39, 0.29) is 11.5 Å². The number of H-pyrrole nitrogens is 1. The van der Waals surface area contributed by atoms with Gasteiger partial charge >= 0.3 is 0 Å². The number of fused-ring (bicyclic) bond motifs is 1. The number of thiocarbonyl (C=S) groups is 1. The summed E-state index contributed by atoms with van der Waals surface area (Å²) in [5.74, 6) is 0.829. The highest BCUT2D eigenvalue weighted by Gasteiger charge is 2.41. The quantitative estimate of drug-likeness (QED) is 0.429. The van der Waals surface area contributed by atoms with Crippen molar-refractivity contribution < 1.29 is 4.79 Å². The minimum atomic E-state index is -0.225. The number of anilines is 3. The number of thioether (sulfide) groups is 2. The predicted molar refractivity (Wildman–Crippen MR) is 130 cm³/mol. The summed E-state index contributed by atoms with van der Waals surface area (Å²) in [4.78, 5) is 37.8. The van der Waals surface area contributed by atoms with Crippen LogP contribution in [-0.4, -0.2) is 20.2 Å². The first kappa shape index (κ1) is 20.0. The third-order valence-electron chi connectivity index (χ3n) is 4.86. The lowest BCUT2D eigenvalue weighted by Gasteiger charge is -2.20. The predicted octanol–water partition coefficient (Wildman–Crippen LogP) is 4.86. The fraction of sp³-hybridized carbons (Fsp3) is 0.0909. The number of aromatic nitrogens is 2. The summed E-state index contributed by atoms with van der Waals surface area (Å²) in [6.45, 7) is 3.73. The SMILES string of the molecule is Cc1ccc(N2C(=O)/C(=C3\Sc4c(nc(C)[nH]c4=O)N3c3ccccc3)SC2=S)cc1. The normalized spacial score (nSPS) is 18.1. The topological polar surface area (TPSA) is 69.3 Å². The molecule has 0 bridgehead atoms. The zero-order chi connectivity index (χ0) is 21.7. The number of para-hydroxylation sites is 1. The summed E-state index contributed by atoms with van der Waals surface area (Å²) in [5.41, 5.74) is 2.42. The van der Waals surface area contributed by atoms with E-state index in [9.17, 15) is 9.59 Å². The number of benzene rings is 2. The molecule has 3 heterocycles. The minimum Gasteiger partial charge on any atom is -0.310 e. The van der Waals surface area contributed by atoms with Crippen LogP contribution in [0.1, 0.15) is 11.4 Å². The first-order chi connectivity index (χ1) is 14.9. The maximum Gasteiger partial charge on any atom is 0.273 e. The average molecular weight is 465 g/mol. The molecule has 2 aliphatic heterocycles. The van der Waals surface area contributed by atoms with Crippen molar-refractivity contribution in [1.82, 2.24) is 9.97 Å². The third kappa shape index (κ3) is 3.38. The second-order valence-electron chi connectivity index (χ2n) is 7.06. The Balaban J connectivity index is 1.67. The molecule has 1 aromatic heterocycles. The molecule has 1 saturated heterocycles. The van der Waals surface area contributed by atoms with Crippen LogP contribution in [0.5, 0.6) is 0 Å². The Morgan fingerprint density at radius 2 is 1.58 bits per heavy atom. The number of hydrogen-bond donors (Lipinski definition) is 1. The largest absolute Gasteiger partial charge is 0.310 e. The van der Waals surface area contributed by atoms with Crippen LogP contribution >= 0.6 is 35.7 Å². The number of aromatic amines is 1. The fourth-order valence-electron chi connectivity index (χ4n) is 3.42. The molecular formula is C22H16N4O2S3. The summed E-state index contributed by atoms with van der Waals surface area (Å²) in [7, 11) is 0. The first-order valence-electron chi connectivity index (χ1n) is 9.45. The Labute approximate surface area is 192 Å². The molecule has 6 nitrogen and oxygen atoms in total. The summed E-state index contributed by atoms with van der Waals surface area (Å²) >= 11 is 8.05. The van der Waals surface area contributed by atoms with E-state index in [1.54, 1.807) is 6.92 Å². The average Bonchev–Trinajstić information content (AvgIpc) is 3.27. The number of amides is 1. The highest BCUT2D eigenvalue weighted by atomic mass is 32.2. The van der Waals surface area contributed by atoms with Crippen molar-refractivity contribution in [2.24, 2.45) is 0 Å². The van der Waals surface area contributed by atoms with E-state index >= 15 is 0 Å². The van der Waals surface area contributed by atoms with Gasteiger partial charge in [-0.25, -0.2) is 4.98 Å². The molecule has 0 spiro atoms. The van der Waals surface area contributed by atoms with Crippen molar-refractivity contribution in [2.45, 2.75) is 18.7 Å². The third-order valence-corrected chi connectivity index (χ3v) is 7.50. The number of rotatable bonds is 2. The molecule has 1 fully saturated rings. The van der Waals surface area contributed by atoms with E-state index in [0.29, 0.717) is 30.8 Å². The molecule has 9 heteroatoms. The van der Waals surface area contributed by atoms with Gasteiger partial charge in [0.2, 0.25) is 0 Å². The Bertz CT molecular complexity index is 1320. The Hall–Kier alpha value is -2.88. The van der Waals surface area contributed by atoms with Crippen molar-refractivity contribution in [3.8, 4) is 0 Å². The van der Waals surface area contributed by atoms with Crippen LogP contribution in [0.2, 0.25) is 0 Å². The van der Waals surface area contributed by atoms with Gasteiger partial charge in [-0.05, 0) is 38.1 Å². The monoisotopic (exact) mass is 464 g/mol. The van der Waals surface area contributed by atoms with Crippen LogP contribution in [0.4, 0.5) is 17.2 Å². The van der Waals surface area contributed by atoms with Gasteiger partial charge in [0.25, 0.3) is 11.5 Å². The molecule has 5 rings (SSSR count). The molecule has 31 heavy (non-hydrogen) atoms. The van der Waals surface area contributed by atoms with E-state index in [0.717, 1.165) is 16.9 Å². The van der Waals surface area contributed by atoms with Crippen LogP contribution in [0.3, 0.4) is 0 Å². The number of nitrogens with zero attached hydrogens (tertiary/aromatic N) is 3. The van der Waals surface area contributed by atoms with Gasteiger partial charge in [-0.1, -0.05) is 71.6 Å². The summed E-state index contributed by atoms with van der Waals surface area (Å²) in [5, 5.41) is 0.636. The van der Waals surface area contributed by atoms with Gasteiger partial charge in [0.15, 0.2) is 10.1 Å². The van der Waals surface area contributed by atoms with Gasteiger partial charge in [-0.15, -0.1) is 0 Å². The van der Waals surface area contributed by atoms with Crippen LogP contribution in [0.15, 0.2) is 74.2 Å². The number of hydrogen-bond acceptors (Lipinski definition) is 7. The van der Waals surface area contributed by atoms with Gasteiger partial charge in [0.05, 0.1) is 5.69 Å². The molecule has 154 valence electrons. The minimum absolute atomic E-state index is 0.205. The molecule has 1 amide bonds. The lowest BCUT2D eigenvalue weighted by Crippen LogP contribution is -2.28. The van der Waals surface area contributed by atoms with Crippen molar-refractivity contribution in [1.29, 1.82) is 0 Å². The maximum atomic E-state index is 13.5. The number of aryl methyl sites for hydroxylation is 2. The zero-order valence-electron chi connectivity index (χ0n) is 16.6. The van der Waals surface area contributed by atoms with Crippen LogP contribution in [0, 0.1) is 13.8 Å². The number of carbonyl (C=O) groups excluding carboxylic acids is 1. The Kier molecular flexibility index (Phi) is 4.96. The van der Waals surface area contributed by atoms with Gasteiger partial charge < -0.3 is 4.98 Å². The lowest BCUT2D eigenvalue weighted by molar-refractivity contribution is -0.113. The summed E-state index contributed by atoms with van der Waals surface area (Å²) in [6.07, 6.45) is 0. The molecule has 0 atom stereocenters. The van der Waals surface area contributed by atoms with E-state index < -0.39 is 0 Å². The van der Waals surface area contributed by atoms with Crippen molar-refractivity contribution in [3.63, 3.8) is 0 Å². The first-order valence-corrected chi connectivity index (χ1v) is 11.5. The molecule has 0 unspecified atom stereocenters. The smallest absolute Gasteiger partial charge is 0.273 e. The van der Waals surface area contributed by atoms with E-state index in [1.807, 2.05) is 66.4 Å². The molecule has 0 radical (unpaired) electrons. The fourth-order valence-corrected chi connectivity index (χ4v) is 5.95.